The summed E-state index contributed by atoms with van der Waals surface area (Å²) in [5.74, 6) is 0. The van der Waals surface area contributed by atoms with Gasteiger partial charge in [0.15, 0.2) is 0 Å². The Bertz CT molecular complexity index is 995. The van der Waals surface area contributed by atoms with Crippen LogP contribution in [0.2, 0.25) is 0 Å². The monoisotopic (exact) mass is 532 g/mol. The van der Waals surface area contributed by atoms with Crippen LogP contribution < -0.4 is 35.4 Å². The third kappa shape index (κ3) is 6.97. The standard InChI is InChI=1S/C16H14P.C10H15.2ClH.Zr/c1-12-6-2-5-9-16(12)17-15-10-13-7-3-4-8-14(13)11-15;1-7-6-10(4,5)9(3)8(7)2;;;/h2-11,17H,1H3;1-5H3;2*1H;/q2*-1;;;+4/p-2. The van der Waals surface area contributed by atoms with Gasteiger partial charge in [-0.2, -0.15) is 17.2 Å². The predicted octanol–water partition coefficient (Wildman–Crippen LogP) is 0.614. The van der Waals surface area contributed by atoms with Crippen LogP contribution in [0, 0.1) is 18.4 Å². The third-order valence-corrected chi connectivity index (χ3v) is 7.01. The number of halogens is 2. The van der Waals surface area contributed by atoms with Gasteiger partial charge in [-0.3, -0.25) is 6.08 Å². The fourth-order valence-electron chi connectivity index (χ4n) is 3.50. The van der Waals surface area contributed by atoms with Crippen LogP contribution in [-0.4, -0.2) is 0 Å². The molecule has 0 spiro atoms. The number of allylic oxidation sites excluding steroid dienone is 4. The number of benzene rings is 2. The van der Waals surface area contributed by atoms with Crippen LogP contribution in [0.25, 0.3) is 10.8 Å². The maximum Gasteiger partial charge on any atom is 4.00 e. The Morgan fingerprint density at radius 2 is 1.47 bits per heavy atom. The van der Waals surface area contributed by atoms with Crippen molar-refractivity contribution in [2.75, 3.05) is 0 Å². The molecule has 0 radical (unpaired) electrons. The molecule has 0 aliphatic heterocycles. The first-order chi connectivity index (χ1) is 12.8. The molecule has 1 aliphatic carbocycles. The zero-order valence-electron chi connectivity index (χ0n) is 18.5. The summed E-state index contributed by atoms with van der Waals surface area (Å²) in [7, 11) is 0.759. The van der Waals surface area contributed by atoms with E-state index in [0.717, 1.165) is 8.58 Å². The van der Waals surface area contributed by atoms with Gasteiger partial charge in [0, 0.05) is 0 Å². The zero-order valence-corrected chi connectivity index (χ0v) is 23.5. The molecule has 0 bridgehead atoms. The van der Waals surface area contributed by atoms with Crippen molar-refractivity contribution in [2.24, 2.45) is 5.41 Å². The molecule has 0 aromatic heterocycles. The van der Waals surface area contributed by atoms with Gasteiger partial charge in [-0.15, -0.1) is 47.3 Å². The summed E-state index contributed by atoms with van der Waals surface area (Å²) >= 11 is 0. The van der Waals surface area contributed by atoms with E-state index in [1.807, 2.05) is 0 Å². The largest absolute Gasteiger partial charge is 4.00 e. The van der Waals surface area contributed by atoms with Crippen LogP contribution in [0.1, 0.15) is 40.2 Å². The van der Waals surface area contributed by atoms with Gasteiger partial charge < -0.3 is 24.8 Å². The van der Waals surface area contributed by atoms with Gasteiger partial charge >= 0.3 is 26.2 Å². The summed E-state index contributed by atoms with van der Waals surface area (Å²) in [6, 6.07) is 21.8. The Morgan fingerprint density at radius 3 is 1.97 bits per heavy atom. The van der Waals surface area contributed by atoms with Crippen molar-refractivity contribution < 1.29 is 51.0 Å². The number of hydrogen-bond acceptors (Lipinski definition) is 0. The summed E-state index contributed by atoms with van der Waals surface area (Å²) in [6.45, 7) is 13.1. The quantitative estimate of drug-likeness (QED) is 0.334. The first-order valence-corrected chi connectivity index (χ1v) is 10.6. The first-order valence-electron chi connectivity index (χ1n) is 9.56. The molecule has 4 heteroatoms. The van der Waals surface area contributed by atoms with E-state index in [2.05, 4.69) is 108 Å². The van der Waals surface area contributed by atoms with E-state index in [0.29, 0.717) is 0 Å². The Labute approximate surface area is 215 Å². The van der Waals surface area contributed by atoms with Crippen LogP contribution >= 0.6 is 8.58 Å². The molecule has 1 aliphatic rings. The maximum absolute atomic E-state index is 3.44. The minimum Gasteiger partial charge on any atom is -1.00 e. The molecule has 0 heterocycles. The van der Waals surface area contributed by atoms with E-state index < -0.39 is 0 Å². The number of hydrogen-bond donors (Lipinski definition) is 0. The molecule has 3 aromatic carbocycles. The van der Waals surface area contributed by atoms with Crippen molar-refractivity contribution in [3.05, 3.63) is 89.0 Å². The van der Waals surface area contributed by atoms with Gasteiger partial charge in [-0.25, -0.2) is 5.57 Å². The molecule has 0 saturated heterocycles. The summed E-state index contributed by atoms with van der Waals surface area (Å²) in [4.78, 5) is 0. The van der Waals surface area contributed by atoms with Crippen LogP contribution in [0.4, 0.5) is 0 Å². The molecule has 0 saturated carbocycles. The molecule has 1 unspecified atom stereocenters. The normalized spacial score (nSPS) is 14.4. The molecular formula is C26H29Cl2PZr. The zero-order chi connectivity index (χ0) is 19.6. The second-order valence-electron chi connectivity index (χ2n) is 7.94. The van der Waals surface area contributed by atoms with Gasteiger partial charge in [-0.1, -0.05) is 72.0 Å². The average Bonchev–Trinajstić information content (AvgIpc) is 3.11. The second-order valence-corrected chi connectivity index (χ2v) is 9.30. The minimum absolute atomic E-state index is 0. The molecule has 156 valence electrons. The summed E-state index contributed by atoms with van der Waals surface area (Å²) in [5, 5.41) is 5.58. The molecule has 1 atom stereocenters. The van der Waals surface area contributed by atoms with Crippen LogP contribution in [-0.2, 0) is 26.2 Å². The second kappa shape index (κ2) is 12.5. The Balaban J connectivity index is 0.000000569. The predicted molar refractivity (Wildman–Crippen MR) is 123 cm³/mol. The molecule has 3 aromatic rings. The van der Waals surface area contributed by atoms with Crippen molar-refractivity contribution in [3.63, 3.8) is 0 Å². The van der Waals surface area contributed by atoms with E-state index in [1.165, 1.54) is 43.7 Å². The van der Waals surface area contributed by atoms with Crippen LogP contribution in [0.5, 0.6) is 0 Å². The van der Waals surface area contributed by atoms with E-state index in [4.69, 9.17) is 0 Å². The van der Waals surface area contributed by atoms with Crippen molar-refractivity contribution in [1.29, 1.82) is 0 Å². The van der Waals surface area contributed by atoms with E-state index >= 15 is 0 Å². The van der Waals surface area contributed by atoms with E-state index in [-0.39, 0.29) is 56.4 Å². The molecule has 0 N–H and O–H groups in total. The summed E-state index contributed by atoms with van der Waals surface area (Å²) < 4.78 is 0. The molecule has 0 nitrogen and oxygen atoms in total. The molecular weight excluding hydrogens is 505 g/mol. The SMILES string of the molecule is CC1=[C-]C(C)(C)C(C)=C1C.Cc1ccccc1Pc1cc2ccccc2[cH-]1.[Cl-].[Cl-].[Zr+4]. The van der Waals surface area contributed by atoms with Crippen LogP contribution in [0.15, 0.2) is 77.4 Å². The topological polar surface area (TPSA) is 0 Å². The Kier molecular flexibility index (Phi) is 12.2. The van der Waals surface area contributed by atoms with Crippen LogP contribution in [0.3, 0.4) is 0 Å². The fraction of sp³-hybridized carbons (Fsp3) is 0.269. The van der Waals surface area contributed by atoms with E-state index in [9.17, 15) is 0 Å². The summed E-state index contributed by atoms with van der Waals surface area (Å²) in [5.41, 5.74) is 5.78. The Hall–Kier alpha value is -0.577. The molecule has 0 amide bonds. The van der Waals surface area contributed by atoms with Gasteiger partial charge in [0.25, 0.3) is 0 Å². The van der Waals surface area contributed by atoms with Crippen molar-refractivity contribution >= 4 is 30.0 Å². The number of fused-ring (bicyclic) bond motifs is 1. The van der Waals surface area contributed by atoms with E-state index in [1.54, 1.807) is 0 Å². The number of rotatable bonds is 2. The molecule has 4 rings (SSSR count). The smallest absolute Gasteiger partial charge is 1.00 e. The molecule has 0 fully saturated rings. The van der Waals surface area contributed by atoms with Gasteiger partial charge in [0.2, 0.25) is 0 Å². The van der Waals surface area contributed by atoms with Crippen molar-refractivity contribution in [1.82, 2.24) is 0 Å². The first kappa shape index (κ1) is 29.4. The third-order valence-electron chi connectivity index (χ3n) is 5.60. The maximum atomic E-state index is 3.44. The molecule has 30 heavy (non-hydrogen) atoms. The average molecular weight is 535 g/mol. The summed E-state index contributed by atoms with van der Waals surface area (Å²) in [6.07, 6.45) is 3.44. The Morgan fingerprint density at radius 1 is 0.867 bits per heavy atom. The minimum atomic E-state index is 0. The van der Waals surface area contributed by atoms with Crippen molar-refractivity contribution in [3.8, 4) is 0 Å². The fourth-order valence-corrected chi connectivity index (χ4v) is 4.72. The van der Waals surface area contributed by atoms with Gasteiger partial charge in [0.05, 0.1) is 0 Å². The van der Waals surface area contributed by atoms with Crippen molar-refractivity contribution in [2.45, 2.75) is 41.5 Å². The van der Waals surface area contributed by atoms with Gasteiger partial charge in [-0.05, 0) is 17.8 Å². The van der Waals surface area contributed by atoms with Gasteiger partial charge in [0.1, 0.15) is 0 Å². The number of aryl methyl sites for hydroxylation is 1.